The number of anilines is 1. The van der Waals surface area contributed by atoms with Crippen molar-refractivity contribution in [2.45, 2.75) is 47.0 Å². The smallest absolute Gasteiger partial charge is 0.0963 e. The Kier molecular flexibility index (Phi) is 8.13. The fraction of sp³-hybridized carbons (Fsp3) is 0.385. The van der Waals surface area contributed by atoms with E-state index in [1.165, 1.54) is 22.2 Å². The van der Waals surface area contributed by atoms with Crippen molar-refractivity contribution in [3.63, 3.8) is 0 Å². The Morgan fingerprint density at radius 3 is 2.62 bits per heavy atom. The Morgan fingerprint density at radius 2 is 1.97 bits per heavy atom. The molecule has 6 heteroatoms. The number of rotatable bonds is 7. The molecule has 0 radical (unpaired) electrons. The van der Waals surface area contributed by atoms with Gasteiger partial charge in [-0.05, 0) is 30.9 Å². The number of benzene rings is 1. The molecule has 0 spiro atoms. The van der Waals surface area contributed by atoms with Crippen LogP contribution in [0, 0.1) is 17.4 Å². The number of nitrogens with zero attached hydrogens (tertiary/aromatic N) is 2. The monoisotopic (exact) mass is 447 g/mol. The van der Waals surface area contributed by atoms with Crippen molar-refractivity contribution < 1.29 is 0 Å². The van der Waals surface area contributed by atoms with Gasteiger partial charge < -0.3 is 15.6 Å². The molecule has 1 aliphatic carbocycles. The van der Waals surface area contributed by atoms with Crippen molar-refractivity contribution in [3.05, 3.63) is 45.1 Å². The highest BCUT2D eigenvalue weighted by atomic mass is 32.1. The molecule has 0 unspecified atom stereocenters. The summed E-state index contributed by atoms with van der Waals surface area (Å²) in [6, 6.07) is 11.6. The van der Waals surface area contributed by atoms with Crippen LogP contribution in [0.5, 0.6) is 0 Å². The molecule has 0 saturated carbocycles. The molecule has 2 heterocycles. The summed E-state index contributed by atoms with van der Waals surface area (Å²) >= 11 is 1.79. The largest absolute Gasteiger partial charge is 0.388 e. The molecule has 2 aromatic heterocycles. The molecule has 0 atom stereocenters. The number of thiophene rings is 1. The number of nitrogens with one attached hydrogen (secondary N) is 3. The predicted octanol–water partition coefficient (Wildman–Crippen LogP) is 6.21. The molecule has 3 aromatic rings. The third kappa shape index (κ3) is 4.73. The maximum absolute atomic E-state index is 7.55. The number of aromatic amines is 1. The van der Waals surface area contributed by atoms with Crippen molar-refractivity contribution in [3.8, 4) is 34.5 Å². The third-order valence-electron chi connectivity index (χ3n) is 5.36. The Morgan fingerprint density at radius 1 is 1.22 bits per heavy atom. The summed E-state index contributed by atoms with van der Waals surface area (Å²) in [5.74, 6) is 3.37. The maximum atomic E-state index is 7.55. The van der Waals surface area contributed by atoms with Crippen molar-refractivity contribution in [2.24, 2.45) is 0 Å². The molecular weight excluding hydrogens is 414 g/mol. The van der Waals surface area contributed by atoms with E-state index in [0.29, 0.717) is 0 Å². The summed E-state index contributed by atoms with van der Waals surface area (Å²) in [5.41, 5.74) is 7.47. The van der Waals surface area contributed by atoms with E-state index >= 15 is 0 Å². The van der Waals surface area contributed by atoms with Crippen LogP contribution in [-0.4, -0.2) is 41.4 Å². The van der Waals surface area contributed by atoms with Crippen LogP contribution in [0.15, 0.2) is 24.3 Å². The summed E-state index contributed by atoms with van der Waals surface area (Å²) in [4.78, 5) is 4.69. The van der Waals surface area contributed by atoms with Crippen molar-refractivity contribution in [2.75, 3.05) is 25.5 Å². The third-order valence-corrected chi connectivity index (χ3v) is 6.41. The van der Waals surface area contributed by atoms with Gasteiger partial charge in [-0.1, -0.05) is 39.8 Å². The van der Waals surface area contributed by atoms with Gasteiger partial charge in [-0.15, -0.1) is 11.3 Å². The highest BCUT2D eigenvalue weighted by Gasteiger charge is 2.27. The van der Waals surface area contributed by atoms with Gasteiger partial charge in [0.15, 0.2) is 0 Å². The molecule has 168 valence electrons. The number of aromatic nitrogens is 2. The fourth-order valence-electron chi connectivity index (χ4n) is 3.94. The van der Waals surface area contributed by atoms with Gasteiger partial charge in [0, 0.05) is 71.6 Å². The van der Waals surface area contributed by atoms with Crippen molar-refractivity contribution >= 4 is 23.2 Å². The molecule has 0 amide bonds. The van der Waals surface area contributed by atoms with Crippen LogP contribution >= 0.6 is 11.3 Å². The van der Waals surface area contributed by atoms with Gasteiger partial charge in [0.1, 0.15) is 0 Å². The first-order valence-corrected chi connectivity index (χ1v) is 12.3. The van der Waals surface area contributed by atoms with Gasteiger partial charge in [-0.3, -0.25) is 5.10 Å². The van der Waals surface area contributed by atoms with E-state index in [0.717, 1.165) is 65.4 Å². The van der Waals surface area contributed by atoms with E-state index in [4.69, 9.17) is 5.41 Å². The molecule has 3 N–H and O–H groups in total. The van der Waals surface area contributed by atoms with Crippen LogP contribution < -0.4 is 5.32 Å². The van der Waals surface area contributed by atoms with Gasteiger partial charge >= 0.3 is 0 Å². The van der Waals surface area contributed by atoms with Crippen molar-refractivity contribution in [1.29, 1.82) is 5.41 Å². The average molecular weight is 448 g/mol. The van der Waals surface area contributed by atoms with Gasteiger partial charge in [-0.25, -0.2) is 0 Å². The van der Waals surface area contributed by atoms with E-state index in [2.05, 4.69) is 58.4 Å². The van der Waals surface area contributed by atoms with Crippen LogP contribution in [0.4, 0.5) is 5.69 Å². The maximum Gasteiger partial charge on any atom is 0.0963 e. The van der Waals surface area contributed by atoms with Gasteiger partial charge in [0.2, 0.25) is 0 Å². The number of fused-ring (bicyclic) bond motifs is 3. The van der Waals surface area contributed by atoms with Crippen molar-refractivity contribution in [1.82, 2.24) is 15.1 Å². The lowest BCUT2D eigenvalue weighted by atomic mass is 10.0. The van der Waals surface area contributed by atoms with Crippen LogP contribution in [0.2, 0.25) is 0 Å². The summed E-state index contributed by atoms with van der Waals surface area (Å²) < 4.78 is 0. The lowest BCUT2D eigenvalue weighted by Gasteiger charge is -2.14. The molecule has 1 aliphatic rings. The van der Waals surface area contributed by atoms with E-state index in [-0.39, 0.29) is 0 Å². The first-order valence-electron chi connectivity index (χ1n) is 11.5. The summed E-state index contributed by atoms with van der Waals surface area (Å²) in [5, 5.41) is 18.6. The average Bonchev–Trinajstić information content (AvgIpc) is 3.50. The minimum Gasteiger partial charge on any atom is -0.388 e. The molecule has 0 bridgehead atoms. The van der Waals surface area contributed by atoms with Crippen LogP contribution in [0.1, 0.15) is 61.4 Å². The summed E-state index contributed by atoms with van der Waals surface area (Å²) in [6.07, 6.45) is 4.49. The zero-order valence-electron chi connectivity index (χ0n) is 19.7. The first kappa shape index (κ1) is 23.6. The quantitative estimate of drug-likeness (QED) is 0.179. The lowest BCUT2D eigenvalue weighted by Crippen LogP contribution is -2.19. The van der Waals surface area contributed by atoms with E-state index in [1.54, 1.807) is 11.3 Å². The van der Waals surface area contributed by atoms with Crippen LogP contribution in [0.3, 0.4) is 0 Å². The Balaban J connectivity index is 0.00000141. The second kappa shape index (κ2) is 11.0. The zero-order valence-corrected chi connectivity index (χ0v) is 20.5. The minimum absolute atomic E-state index is 0.871. The van der Waals surface area contributed by atoms with Gasteiger partial charge in [0.05, 0.1) is 16.3 Å². The molecule has 5 nitrogen and oxygen atoms in total. The normalized spacial score (nSPS) is 10.9. The van der Waals surface area contributed by atoms with E-state index in [1.807, 2.05) is 33.0 Å². The number of hydrogen-bond donors (Lipinski definition) is 3. The first-order chi connectivity index (χ1) is 15.7. The molecule has 4 rings (SSSR count). The predicted molar refractivity (Wildman–Crippen MR) is 138 cm³/mol. The number of H-pyrrole nitrogens is 1. The lowest BCUT2D eigenvalue weighted by molar-refractivity contribution is 0.397. The second-order valence-corrected chi connectivity index (χ2v) is 8.61. The molecule has 32 heavy (non-hydrogen) atoms. The molecule has 0 aliphatic heterocycles. The SMILES string of the molecule is CC.CCCN(C#Cc1cc2c(s1)Cc1c(-c3ccc(C=N)c(NC)c3)n[nH]c1-2)CCC. The van der Waals surface area contributed by atoms with Crippen LogP contribution in [0.25, 0.3) is 22.5 Å². The van der Waals surface area contributed by atoms with Gasteiger partial charge in [-0.2, -0.15) is 5.10 Å². The number of hydrogen-bond acceptors (Lipinski definition) is 5. The molecule has 0 fully saturated rings. The Bertz CT molecular complexity index is 1120. The molecular formula is C26H33N5S. The Hall–Kier alpha value is -3.04. The van der Waals surface area contributed by atoms with E-state index < -0.39 is 0 Å². The molecule has 0 saturated heterocycles. The van der Waals surface area contributed by atoms with Gasteiger partial charge in [0.25, 0.3) is 0 Å². The standard InChI is InChI=1S/C24H27N5S.C2H6/c1-4-9-29(10-5-2)11-8-18-13-19-22(30-18)14-20-23(27-28-24(19)20)16-6-7-17(15-25)21(12-16)26-3;1-2/h6-7,12-13,15,25-26H,4-5,9-10,14H2,1-3H3,(H,27,28);1-2H3. The highest BCUT2D eigenvalue weighted by Crippen LogP contribution is 2.44. The Labute approximate surface area is 195 Å². The zero-order chi connectivity index (χ0) is 23.1. The van der Waals surface area contributed by atoms with E-state index in [9.17, 15) is 0 Å². The fourth-order valence-corrected chi connectivity index (χ4v) is 4.96. The highest BCUT2D eigenvalue weighted by molar-refractivity contribution is 7.13. The second-order valence-electron chi connectivity index (χ2n) is 7.47. The minimum atomic E-state index is 0.871. The summed E-state index contributed by atoms with van der Waals surface area (Å²) in [6.45, 7) is 10.4. The van der Waals surface area contributed by atoms with Crippen LogP contribution in [-0.2, 0) is 6.42 Å². The summed E-state index contributed by atoms with van der Waals surface area (Å²) in [7, 11) is 1.88. The topological polar surface area (TPSA) is 67.8 Å². The molecule has 1 aromatic carbocycles.